The first-order valence-electron chi connectivity index (χ1n) is 8.71. The van der Waals surface area contributed by atoms with Crippen molar-refractivity contribution in [1.82, 2.24) is 0 Å². The molecule has 1 aliphatic rings. The molecule has 0 aromatic heterocycles. The molecule has 0 atom stereocenters. The number of aryl methyl sites for hydroxylation is 1. The fraction of sp³-hybridized carbons (Fsp3) is 0.130. The van der Waals surface area contributed by atoms with E-state index in [0.717, 1.165) is 45.0 Å². The highest BCUT2D eigenvalue weighted by Crippen LogP contribution is 2.50. The van der Waals surface area contributed by atoms with Crippen LogP contribution in [0.5, 0.6) is 23.0 Å². The summed E-state index contributed by atoms with van der Waals surface area (Å²) in [4.78, 5) is 0. The monoisotopic (exact) mass is 342 g/mol. The Morgan fingerprint density at radius 3 is 2.31 bits per heavy atom. The van der Waals surface area contributed by atoms with Crippen LogP contribution in [0.3, 0.4) is 0 Å². The number of hydrogen-bond donors (Lipinski definition) is 2. The zero-order valence-corrected chi connectivity index (χ0v) is 14.6. The van der Waals surface area contributed by atoms with Gasteiger partial charge in [0.25, 0.3) is 0 Å². The number of benzene rings is 4. The number of ether oxygens (including phenoxy) is 1. The number of fused-ring (bicyclic) bond motifs is 6. The number of hydrogen-bond acceptors (Lipinski definition) is 3. The molecular formula is C23H18O3. The molecule has 4 aromatic rings. The van der Waals surface area contributed by atoms with Crippen LogP contribution in [-0.2, 0) is 6.42 Å². The van der Waals surface area contributed by atoms with E-state index >= 15 is 0 Å². The van der Waals surface area contributed by atoms with Crippen molar-refractivity contribution in [2.45, 2.75) is 20.3 Å². The van der Waals surface area contributed by atoms with E-state index in [1.807, 2.05) is 32.0 Å². The molecule has 5 rings (SSSR count). The number of aromatic hydroxyl groups is 2. The third kappa shape index (κ3) is 1.88. The second-order valence-electron chi connectivity index (χ2n) is 6.98. The molecule has 0 amide bonds. The van der Waals surface area contributed by atoms with Crippen molar-refractivity contribution in [3.8, 4) is 23.0 Å². The van der Waals surface area contributed by atoms with Gasteiger partial charge in [-0.25, -0.2) is 0 Å². The van der Waals surface area contributed by atoms with Gasteiger partial charge < -0.3 is 14.9 Å². The molecule has 0 saturated heterocycles. The second-order valence-corrected chi connectivity index (χ2v) is 6.98. The van der Waals surface area contributed by atoms with Gasteiger partial charge in [0.1, 0.15) is 11.5 Å². The van der Waals surface area contributed by atoms with E-state index in [1.165, 1.54) is 0 Å². The van der Waals surface area contributed by atoms with Gasteiger partial charge in [0.05, 0.1) is 5.39 Å². The summed E-state index contributed by atoms with van der Waals surface area (Å²) in [6.45, 7) is 3.77. The SMILES string of the molecule is Cc1c(O)c(O)c2c3c(ccc2c1C)Cc1ccc2ccccc2c1O3. The first-order chi connectivity index (χ1) is 12.6. The van der Waals surface area contributed by atoms with Crippen molar-refractivity contribution < 1.29 is 14.9 Å². The molecular weight excluding hydrogens is 324 g/mol. The zero-order valence-electron chi connectivity index (χ0n) is 14.6. The summed E-state index contributed by atoms with van der Waals surface area (Å²) >= 11 is 0. The fourth-order valence-corrected chi connectivity index (χ4v) is 3.96. The Morgan fingerprint density at radius 2 is 1.46 bits per heavy atom. The quantitative estimate of drug-likeness (QED) is 0.354. The molecule has 128 valence electrons. The van der Waals surface area contributed by atoms with Gasteiger partial charge in [0, 0.05) is 17.4 Å². The topological polar surface area (TPSA) is 49.7 Å². The van der Waals surface area contributed by atoms with Crippen molar-refractivity contribution in [3.05, 3.63) is 70.8 Å². The minimum absolute atomic E-state index is 0.0734. The molecule has 4 aromatic carbocycles. The average Bonchev–Trinajstić information content (AvgIpc) is 2.68. The smallest absolute Gasteiger partial charge is 0.169 e. The minimum Gasteiger partial charge on any atom is -0.504 e. The minimum atomic E-state index is -0.108. The van der Waals surface area contributed by atoms with Gasteiger partial charge in [0.15, 0.2) is 11.5 Å². The normalized spacial score (nSPS) is 12.7. The maximum absolute atomic E-state index is 10.7. The van der Waals surface area contributed by atoms with Crippen LogP contribution in [0.2, 0.25) is 0 Å². The molecule has 0 radical (unpaired) electrons. The standard InChI is InChI=1S/C23H18O3/c1-12-13(2)20(24)21(25)19-17(12)10-9-16-11-15-8-7-14-5-3-4-6-18(14)22(15)26-23(16)19/h3-10,24-25H,11H2,1-2H3. The zero-order chi connectivity index (χ0) is 18.0. The second kappa shape index (κ2) is 5.15. The molecule has 1 aliphatic heterocycles. The molecule has 3 nitrogen and oxygen atoms in total. The van der Waals surface area contributed by atoms with Crippen LogP contribution in [0, 0.1) is 13.8 Å². The van der Waals surface area contributed by atoms with E-state index in [9.17, 15) is 10.2 Å². The fourth-order valence-electron chi connectivity index (χ4n) is 3.96. The van der Waals surface area contributed by atoms with Crippen molar-refractivity contribution >= 4 is 21.5 Å². The number of phenols is 2. The van der Waals surface area contributed by atoms with Gasteiger partial charge in [-0.05, 0) is 41.3 Å². The van der Waals surface area contributed by atoms with Gasteiger partial charge in [-0.1, -0.05) is 48.5 Å². The Labute approximate surface area is 151 Å². The van der Waals surface area contributed by atoms with Crippen LogP contribution < -0.4 is 4.74 Å². The van der Waals surface area contributed by atoms with E-state index in [2.05, 4.69) is 30.3 Å². The van der Waals surface area contributed by atoms with E-state index in [-0.39, 0.29) is 11.5 Å². The van der Waals surface area contributed by atoms with E-state index in [0.29, 0.717) is 16.7 Å². The molecule has 0 spiro atoms. The highest BCUT2D eigenvalue weighted by Gasteiger charge is 2.25. The molecule has 3 heteroatoms. The first kappa shape index (κ1) is 15.1. The number of phenolic OH excluding ortho intramolecular Hbond substituents is 2. The van der Waals surface area contributed by atoms with E-state index < -0.39 is 0 Å². The van der Waals surface area contributed by atoms with Crippen molar-refractivity contribution in [2.24, 2.45) is 0 Å². The Kier molecular flexibility index (Phi) is 2.99. The van der Waals surface area contributed by atoms with Crippen molar-refractivity contribution in [2.75, 3.05) is 0 Å². The largest absolute Gasteiger partial charge is 0.504 e. The maximum Gasteiger partial charge on any atom is 0.169 e. The summed E-state index contributed by atoms with van der Waals surface area (Å²) in [6, 6.07) is 16.4. The summed E-state index contributed by atoms with van der Waals surface area (Å²) in [6.07, 6.45) is 0.735. The molecule has 0 aliphatic carbocycles. The summed E-state index contributed by atoms with van der Waals surface area (Å²) in [7, 11) is 0. The first-order valence-corrected chi connectivity index (χ1v) is 8.71. The van der Waals surface area contributed by atoms with E-state index in [1.54, 1.807) is 0 Å². The summed E-state index contributed by atoms with van der Waals surface area (Å²) < 4.78 is 6.36. The van der Waals surface area contributed by atoms with Crippen LogP contribution in [0.1, 0.15) is 22.3 Å². The Balaban J connectivity index is 1.84. The highest BCUT2D eigenvalue weighted by molar-refractivity contribution is 6.01. The highest BCUT2D eigenvalue weighted by atomic mass is 16.5. The van der Waals surface area contributed by atoms with Crippen LogP contribution in [0.25, 0.3) is 21.5 Å². The third-order valence-corrected chi connectivity index (χ3v) is 5.57. The Morgan fingerprint density at radius 1 is 0.731 bits per heavy atom. The van der Waals surface area contributed by atoms with E-state index in [4.69, 9.17) is 4.74 Å². The van der Waals surface area contributed by atoms with Gasteiger partial charge >= 0.3 is 0 Å². The molecule has 0 unspecified atom stereocenters. The lowest BCUT2D eigenvalue weighted by molar-refractivity contribution is 0.402. The summed E-state index contributed by atoms with van der Waals surface area (Å²) in [5, 5.41) is 24.7. The summed E-state index contributed by atoms with van der Waals surface area (Å²) in [5.41, 5.74) is 3.78. The van der Waals surface area contributed by atoms with Gasteiger partial charge in [-0.3, -0.25) is 0 Å². The molecule has 26 heavy (non-hydrogen) atoms. The predicted octanol–water partition coefficient (Wildman–Crippen LogP) is 5.72. The molecule has 0 bridgehead atoms. The summed E-state index contributed by atoms with van der Waals surface area (Å²) in [5.74, 6) is 1.29. The molecule has 2 N–H and O–H groups in total. The Hall–Kier alpha value is -3.20. The predicted molar refractivity (Wildman–Crippen MR) is 104 cm³/mol. The van der Waals surface area contributed by atoms with Gasteiger partial charge in [-0.2, -0.15) is 0 Å². The van der Waals surface area contributed by atoms with Gasteiger partial charge in [0.2, 0.25) is 0 Å². The molecule has 0 fully saturated rings. The van der Waals surface area contributed by atoms with Crippen LogP contribution in [0.4, 0.5) is 0 Å². The molecule has 1 heterocycles. The van der Waals surface area contributed by atoms with Crippen LogP contribution >= 0.6 is 0 Å². The van der Waals surface area contributed by atoms with Crippen LogP contribution in [0.15, 0.2) is 48.5 Å². The average molecular weight is 342 g/mol. The van der Waals surface area contributed by atoms with Gasteiger partial charge in [-0.15, -0.1) is 0 Å². The number of rotatable bonds is 0. The lowest BCUT2D eigenvalue weighted by Gasteiger charge is -2.24. The lowest BCUT2D eigenvalue weighted by atomic mass is 9.91. The third-order valence-electron chi connectivity index (χ3n) is 5.57. The van der Waals surface area contributed by atoms with Crippen LogP contribution in [-0.4, -0.2) is 10.2 Å². The maximum atomic E-state index is 10.7. The Bertz CT molecular complexity index is 1220. The lowest BCUT2D eigenvalue weighted by Crippen LogP contribution is -2.05. The van der Waals surface area contributed by atoms with Crippen molar-refractivity contribution in [1.29, 1.82) is 0 Å². The molecule has 0 saturated carbocycles. The van der Waals surface area contributed by atoms with Crippen molar-refractivity contribution in [3.63, 3.8) is 0 Å².